The van der Waals surface area contributed by atoms with Crippen molar-refractivity contribution >= 4 is 27.7 Å². The molecular formula is C15H14BrFOS. The molecule has 1 unspecified atom stereocenters. The Morgan fingerprint density at radius 3 is 2.58 bits per heavy atom. The summed E-state index contributed by atoms with van der Waals surface area (Å²) in [7, 11) is 0. The van der Waals surface area contributed by atoms with Crippen LogP contribution in [-0.4, -0.2) is 17.0 Å². The Labute approximate surface area is 125 Å². The standard InChI is InChI=1S/C15H14BrFOS/c16-15-11(5-4-8-14(15)17)9-12(18)10-19-13-6-2-1-3-7-13/h1-8,12,18H,9-10H2. The largest absolute Gasteiger partial charge is 0.392 e. The second-order valence-corrected chi connectivity index (χ2v) is 6.08. The minimum absolute atomic E-state index is 0.291. The molecule has 0 saturated heterocycles. The van der Waals surface area contributed by atoms with Gasteiger partial charge in [-0.2, -0.15) is 0 Å². The van der Waals surface area contributed by atoms with Gasteiger partial charge in [0.25, 0.3) is 0 Å². The minimum Gasteiger partial charge on any atom is -0.392 e. The third-order valence-electron chi connectivity index (χ3n) is 2.67. The maximum atomic E-state index is 13.3. The van der Waals surface area contributed by atoms with E-state index >= 15 is 0 Å². The summed E-state index contributed by atoms with van der Waals surface area (Å²) in [6.07, 6.45) is -0.0543. The summed E-state index contributed by atoms with van der Waals surface area (Å²) < 4.78 is 13.8. The second kappa shape index (κ2) is 7.08. The Morgan fingerprint density at radius 2 is 1.84 bits per heavy atom. The zero-order valence-electron chi connectivity index (χ0n) is 10.2. The molecule has 1 atom stereocenters. The quantitative estimate of drug-likeness (QED) is 0.819. The number of thioether (sulfide) groups is 1. The fourth-order valence-electron chi connectivity index (χ4n) is 1.73. The first-order chi connectivity index (χ1) is 9.16. The van der Waals surface area contributed by atoms with Crippen LogP contribution in [0.5, 0.6) is 0 Å². The monoisotopic (exact) mass is 340 g/mol. The van der Waals surface area contributed by atoms with Gasteiger partial charge in [0, 0.05) is 17.1 Å². The minimum atomic E-state index is -0.497. The van der Waals surface area contributed by atoms with Crippen LogP contribution < -0.4 is 0 Å². The Bertz CT molecular complexity index is 533. The van der Waals surface area contributed by atoms with Gasteiger partial charge in [-0.3, -0.25) is 0 Å². The summed E-state index contributed by atoms with van der Waals surface area (Å²) in [6, 6.07) is 14.8. The van der Waals surface area contributed by atoms with Crippen molar-refractivity contribution in [1.82, 2.24) is 0 Å². The fourth-order valence-corrected chi connectivity index (χ4v) is 3.01. The molecule has 0 aliphatic heterocycles. The Kier molecular flexibility index (Phi) is 5.43. The van der Waals surface area contributed by atoms with E-state index in [2.05, 4.69) is 15.9 Å². The molecule has 0 radical (unpaired) electrons. The smallest absolute Gasteiger partial charge is 0.137 e. The molecule has 4 heteroatoms. The number of halogens is 2. The third kappa shape index (κ3) is 4.34. The van der Waals surface area contributed by atoms with Gasteiger partial charge in [-0.05, 0) is 39.7 Å². The molecule has 0 aliphatic carbocycles. The van der Waals surface area contributed by atoms with Crippen LogP contribution in [0.1, 0.15) is 5.56 Å². The molecule has 19 heavy (non-hydrogen) atoms. The van der Waals surface area contributed by atoms with Crippen LogP contribution >= 0.6 is 27.7 Å². The van der Waals surface area contributed by atoms with Crippen LogP contribution in [0.25, 0.3) is 0 Å². The zero-order valence-corrected chi connectivity index (χ0v) is 12.6. The van der Waals surface area contributed by atoms with Gasteiger partial charge >= 0.3 is 0 Å². The lowest BCUT2D eigenvalue weighted by molar-refractivity contribution is 0.200. The summed E-state index contributed by atoms with van der Waals surface area (Å²) in [5.41, 5.74) is 0.793. The number of hydrogen-bond acceptors (Lipinski definition) is 2. The number of benzene rings is 2. The highest BCUT2D eigenvalue weighted by atomic mass is 79.9. The molecular weight excluding hydrogens is 327 g/mol. The van der Waals surface area contributed by atoms with E-state index in [4.69, 9.17) is 0 Å². The van der Waals surface area contributed by atoms with E-state index in [0.29, 0.717) is 16.6 Å². The van der Waals surface area contributed by atoms with Gasteiger partial charge in [0.15, 0.2) is 0 Å². The predicted molar refractivity (Wildman–Crippen MR) is 81.0 cm³/mol. The van der Waals surface area contributed by atoms with Gasteiger partial charge in [0.05, 0.1) is 10.6 Å². The van der Waals surface area contributed by atoms with Crippen molar-refractivity contribution in [3.8, 4) is 0 Å². The lowest BCUT2D eigenvalue weighted by Crippen LogP contribution is -2.14. The van der Waals surface area contributed by atoms with E-state index in [9.17, 15) is 9.50 Å². The van der Waals surface area contributed by atoms with Crippen LogP contribution in [0.3, 0.4) is 0 Å². The molecule has 1 N–H and O–H groups in total. The van der Waals surface area contributed by atoms with Gasteiger partial charge in [-0.15, -0.1) is 11.8 Å². The molecule has 0 heterocycles. The number of aliphatic hydroxyl groups excluding tert-OH is 1. The van der Waals surface area contributed by atoms with Gasteiger partial charge in [-0.1, -0.05) is 30.3 Å². The highest BCUT2D eigenvalue weighted by Gasteiger charge is 2.11. The molecule has 2 rings (SSSR count). The SMILES string of the molecule is OC(CSc1ccccc1)Cc1cccc(F)c1Br. The third-order valence-corrected chi connectivity index (χ3v) is 4.72. The van der Waals surface area contributed by atoms with Gasteiger partial charge in [0.2, 0.25) is 0 Å². The second-order valence-electron chi connectivity index (χ2n) is 4.19. The Morgan fingerprint density at radius 1 is 1.11 bits per heavy atom. The van der Waals surface area contributed by atoms with Crippen LogP contribution in [0.2, 0.25) is 0 Å². The number of rotatable bonds is 5. The molecule has 0 fully saturated rings. The van der Waals surface area contributed by atoms with E-state index in [0.717, 1.165) is 10.5 Å². The molecule has 0 aliphatic rings. The van der Waals surface area contributed by atoms with Gasteiger partial charge in [0.1, 0.15) is 5.82 Å². The molecule has 2 aromatic rings. The van der Waals surface area contributed by atoms with Crippen molar-refractivity contribution in [3.05, 3.63) is 64.4 Å². The fraction of sp³-hybridized carbons (Fsp3) is 0.200. The van der Waals surface area contributed by atoms with E-state index in [1.807, 2.05) is 36.4 Å². The summed E-state index contributed by atoms with van der Waals surface area (Å²) >= 11 is 4.81. The van der Waals surface area contributed by atoms with E-state index in [-0.39, 0.29) is 5.82 Å². The zero-order chi connectivity index (χ0) is 13.7. The maximum Gasteiger partial charge on any atom is 0.137 e. The predicted octanol–water partition coefficient (Wildman–Crippen LogP) is 4.28. The van der Waals surface area contributed by atoms with E-state index in [1.165, 1.54) is 6.07 Å². The lowest BCUT2D eigenvalue weighted by atomic mass is 10.1. The molecule has 0 saturated carbocycles. The molecule has 2 aromatic carbocycles. The summed E-state index contributed by atoms with van der Waals surface area (Å²) in [4.78, 5) is 1.12. The first kappa shape index (κ1) is 14.6. The highest BCUT2D eigenvalue weighted by Crippen LogP contribution is 2.24. The van der Waals surface area contributed by atoms with Crippen molar-refractivity contribution in [1.29, 1.82) is 0 Å². The normalized spacial score (nSPS) is 12.4. The summed E-state index contributed by atoms with van der Waals surface area (Å²) in [5.74, 6) is 0.299. The van der Waals surface area contributed by atoms with Crippen LogP contribution in [0, 0.1) is 5.82 Å². The lowest BCUT2D eigenvalue weighted by Gasteiger charge is -2.12. The average Bonchev–Trinajstić information content (AvgIpc) is 2.43. The van der Waals surface area contributed by atoms with Crippen LogP contribution in [0.15, 0.2) is 57.9 Å². The van der Waals surface area contributed by atoms with Crippen molar-refractivity contribution in [2.24, 2.45) is 0 Å². The Balaban J connectivity index is 1.91. The molecule has 0 spiro atoms. The molecule has 0 aromatic heterocycles. The number of hydrogen-bond donors (Lipinski definition) is 1. The summed E-state index contributed by atoms with van der Waals surface area (Å²) in [6.45, 7) is 0. The maximum absolute atomic E-state index is 13.3. The van der Waals surface area contributed by atoms with Crippen molar-refractivity contribution in [3.63, 3.8) is 0 Å². The van der Waals surface area contributed by atoms with Crippen molar-refractivity contribution in [2.45, 2.75) is 17.4 Å². The van der Waals surface area contributed by atoms with Gasteiger partial charge < -0.3 is 5.11 Å². The molecule has 100 valence electrons. The summed E-state index contributed by atoms with van der Waals surface area (Å²) in [5, 5.41) is 10.0. The van der Waals surface area contributed by atoms with Crippen LogP contribution in [0.4, 0.5) is 4.39 Å². The first-order valence-electron chi connectivity index (χ1n) is 5.95. The van der Waals surface area contributed by atoms with Crippen molar-refractivity contribution in [2.75, 3.05) is 5.75 Å². The van der Waals surface area contributed by atoms with Crippen LogP contribution in [-0.2, 0) is 6.42 Å². The molecule has 0 amide bonds. The molecule has 1 nitrogen and oxygen atoms in total. The number of aliphatic hydroxyl groups is 1. The molecule has 0 bridgehead atoms. The van der Waals surface area contributed by atoms with Gasteiger partial charge in [-0.25, -0.2) is 4.39 Å². The average molecular weight is 341 g/mol. The van der Waals surface area contributed by atoms with E-state index < -0.39 is 6.10 Å². The van der Waals surface area contributed by atoms with Crippen molar-refractivity contribution < 1.29 is 9.50 Å². The highest BCUT2D eigenvalue weighted by molar-refractivity contribution is 9.10. The Hall–Kier alpha value is -0.840. The first-order valence-corrected chi connectivity index (χ1v) is 7.73. The topological polar surface area (TPSA) is 20.2 Å². The van der Waals surface area contributed by atoms with E-state index in [1.54, 1.807) is 17.8 Å².